The summed E-state index contributed by atoms with van der Waals surface area (Å²) in [4.78, 5) is 18.1. The molecule has 0 saturated heterocycles. The average molecular weight is 543 g/mol. The molecule has 7 heteroatoms. The third-order valence-electron chi connectivity index (χ3n) is 5.59. The third kappa shape index (κ3) is 5.30. The van der Waals surface area contributed by atoms with Gasteiger partial charge in [0.2, 0.25) is 0 Å². The van der Waals surface area contributed by atoms with E-state index in [2.05, 4.69) is 0 Å². The number of hydrogen-bond acceptors (Lipinski definition) is 4. The molecule has 0 aliphatic rings. The van der Waals surface area contributed by atoms with Gasteiger partial charge in [-0.2, -0.15) is 0 Å². The number of nitrogens with zero attached hydrogens (tertiary/aromatic N) is 2. The Labute approximate surface area is 227 Å². The van der Waals surface area contributed by atoms with Gasteiger partial charge in [0.15, 0.2) is 11.3 Å². The number of hydrogen-bond donors (Lipinski definition) is 1. The Balaban J connectivity index is 1.94. The van der Waals surface area contributed by atoms with Crippen LogP contribution in [-0.2, 0) is 0 Å². The van der Waals surface area contributed by atoms with Crippen LogP contribution in [0.15, 0.2) is 114 Å². The molecule has 0 unspecified atom stereocenters. The van der Waals surface area contributed by atoms with E-state index >= 15 is 0 Å². The third-order valence-corrected chi connectivity index (χ3v) is 7.32. The molecule has 5 rings (SSSR count). The molecule has 1 N–H and O–H groups in total. The molecule has 0 amide bonds. The standard InChI is InChI=1S/C30H20Cl2N2O2S/c31-22-15-7-9-17-24(22)33-30-29(28(36)21-13-5-2-6-14-21)37-27(19-26(35)20-11-3-1-4-12-20)34(30)25-18-10-8-16-23(25)32/h1-19,36H/b27-19+,29-28?,33-30?. The van der Waals surface area contributed by atoms with Crippen molar-refractivity contribution in [3.63, 3.8) is 0 Å². The highest BCUT2D eigenvalue weighted by atomic mass is 35.5. The summed E-state index contributed by atoms with van der Waals surface area (Å²) in [6, 6.07) is 32.7. The Morgan fingerprint density at radius 2 is 1.32 bits per heavy atom. The maximum Gasteiger partial charge on any atom is 0.188 e. The van der Waals surface area contributed by atoms with Crippen molar-refractivity contribution in [2.45, 2.75) is 0 Å². The molecule has 0 aliphatic carbocycles. The van der Waals surface area contributed by atoms with Crippen LogP contribution in [0.2, 0.25) is 10.0 Å². The number of halogens is 2. The molecule has 0 aliphatic heterocycles. The molecule has 0 radical (unpaired) electrons. The minimum atomic E-state index is -0.183. The van der Waals surface area contributed by atoms with Crippen LogP contribution in [0.3, 0.4) is 0 Å². The van der Waals surface area contributed by atoms with Gasteiger partial charge in [-0.25, -0.2) is 4.99 Å². The van der Waals surface area contributed by atoms with Gasteiger partial charge in [-0.05, 0) is 24.3 Å². The number of benzene rings is 4. The second-order valence-corrected chi connectivity index (χ2v) is 9.88. The number of para-hydroxylation sites is 2. The lowest BCUT2D eigenvalue weighted by molar-refractivity contribution is 0.106. The molecule has 5 aromatic rings. The average Bonchev–Trinajstić information content (AvgIpc) is 3.28. The summed E-state index contributed by atoms with van der Waals surface area (Å²) >= 11 is 14.4. The van der Waals surface area contributed by atoms with Gasteiger partial charge < -0.3 is 5.11 Å². The normalized spacial score (nSPS) is 13.0. The monoisotopic (exact) mass is 542 g/mol. The first-order valence-electron chi connectivity index (χ1n) is 11.4. The highest BCUT2D eigenvalue weighted by Gasteiger charge is 2.15. The second kappa shape index (κ2) is 11.0. The maximum absolute atomic E-state index is 13.2. The van der Waals surface area contributed by atoms with Crippen LogP contribution in [0, 0.1) is 0 Å². The fourth-order valence-electron chi connectivity index (χ4n) is 3.80. The summed E-state index contributed by atoms with van der Waals surface area (Å²) in [5.74, 6) is -0.151. The number of aromatic nitrogens is 1. The first-order chi connectivity index (χ1) is 18.0. The smallest absolute Gasteiger partial charge is 0.188 e. The minimum Gasteiger partial charge on any atom is -0.506 e. The molecule has 37 heavy (non-hydrogen) atoms. The number of rotatable bonds is 5. The van der Waals surface area contributed by atoms with Crippen molar-refractivity contribution in [1.29, 1.82) is 0 Å². The topological polar surface area (TPSA) is 54.6 Å². The Bertz CT molecular complexity index is 1780. The predicted octanol–water partition coefficient (Wildman–Crippen LogP) is 6.46. The number of Topliss-reactive ketones (excluding diaryl/α,β-unsaturated/α-hetero) is 1. The number of ketones is 1. The number of aliphatic hydroxyl groups is 1. The summed E-state index contributed by atoms with van der Waals surface area (Å²) in [5.41, 5.74) is 2.70. The molecular formula is C30H20Cl2N2O2S. The van der Waals surface area contributed by atoms with E-state index in [4.69, 9.17) is 28.2 Å². The van der Waals surface area contributed by atoms with Crippen LogP contribution >= 0.6 is 34.5 Å². The van der Waals surface area contributed by atoms with Crippen molar-refractivity contribution < 1.29 is 9.90 Å². The molecule has 0 atom stereocenters. The van der Waals surface area contributed by atoms with Crippen molar-refractivity contribution in [1.82, 2.24) is 4.57 Å². The highest BCUT2D eigenvalue weighted by molar-refractivity contribution is 7.07. The van der Waals surface area contributed by atoms with Gasteiger partial charge in [0, 0.05) is 17.2 Å². The van der Waals surface area contributed by atoms with Gasteiger partial charge >= 0.3 is 0 Å². The molecule has 4 nitrogen and oxygen atoms in total. The van der Waals surface area contributed by atoms with E-state index in [0.29, 0.717) is 47.2 Å². The summed E-state index contributed by atoms with van der Waals surface area (Å²) < 4.78 is 2.80. The fourth-order valence-corrected chi connectivity index (χ4v) is 5.29. The quantitative estimate of drug-likeness (QED) is 0.259. The van der Waals surface area contributed by atoms with Gasteiger partial charge in [-0.1, -0.05) is 108 Å². The number of carbonyl (C=O) groups excluding carboxylic acids is 1. The Hall–Kier alpha value is -3.90. The molecule has 0 bridgehead atoms. The van der Waals surface area contributed by atoms with Crippen LogP contribution in [0.5, 0.6) is 0 Å². The summed E-state index contributed by atoms with van der Waals surface area (Å²) in [5, 5.41) is 12.3. The van der Waals surface area contributed by atoms with Crippen LogP contribution in [0.4, 0.5) is 5.69 Å². The Morgan fingerprint density at radius 1 is 0.757 bits per heavy atom. The van der Waals surface area contributed by atoms with Crippen LogP contribution in [0.1, 0.15) is 15.9 Å². The van der Waals surface area contributed by atoms with Crippen LogP contribution in [0.25, 0.3) is 17.5 Å². The SMILES string of the molecule is O=C(/C=c1/sc(=C(O)c2ccccc2)c(=Nc2ccccc2Cl)n1-c1ccccc1Cl)c1ccccc1. The zero-order chi connectivity index (χ0) is 25.8. The molecule has 4 aromatic carbocycles. The molecule has 182 valence electrons. The van der Waals surface area contributed by atoms with E-state index in [1.807, 2.05) is 78.9 Å². The summed E-state index contributed by atoms with van der Waals surface area (Å²) in [7, 11) is 0. The van der Waals surface area contributed by atoms with E-state index in [1.165, 1.54) is 17.4 Å². The van der Waals surface area contributed by atoms with Crippen molar-refractivity contribution in [3.05, 3.63) is 145 Å². The van der Waals surface area contributed by atoms with Gasteiger partial charge in [0.05, 0.1) is 21.4 Å². The number of thiazole rings is 1. The molecule has 1 heterocycles. The lowest BCUT2D eigenvalue weighted by atomic mass is 10.1. The predicted molar refractivity (Wildman–Crippen MR) is 151 cm³/mol. The van der Waals surface area contributed by atoms with Gasteiger partial charge in [-0.15, -0.1) is 11.3 Å². The van der Waals surface area contributed by atoms with Crippen molar-refractivity contribution in [3.8, 4) is 5.69 Å². The van der Waals surface area contributed by atoms with E-state index < -0.39 is 0 Å². The molecular weight excluding hydrogens is 523 g/mol. The van der Waals surface area contributed by atoms with E-state index in [-0.39, 0.29) is 11.5 Å². The van der Waals surface area contributed by atoms with E-state index in [9.17, 15) is 9.90 Å². The summed E-state index contributed by atoms with van der Waals surface area (Å²) in [6.45, 7) is 0. The van der Waals surface area contributed by atoms with Crippen molar-refractivity contribution >= 4 is 57.8 Å². The van der Waals surface area contributed by atoms with Gasteiger partial charge in [0.1, 0.15) is 15.0 Å². The molecule has 0 spiro atoms. The first kappa shape index (κ1) is 24.8. The number of aliphatic hydroxyl groups excluding tert-OH is 1. The fraction of sp³-hybridized carbons (Fsp3) is 0. The van der Waals surface area contributed by atoms with Crippen LogP contribution < -0.4 is 14.7 Å². The summed E-state index contributed by atoms with van der Waals surface area (Å²) in [6.07, 6.45) is 1.54. The highest BCUT2D eigenvalue weighted by Crippen LogP contribution is 2.23. The Kier molecular flexibility index (Phi) is 7.37. The van der Waals surface area contributed by atoms with Crippen molar-refractivity contribution in [2.24, 2.45) is 4.99 Å². The molecule has 0 fully saturated rings. The van der Waals surface area contributed by atoms with E-state index in [0.717, 1.165) is 0 Å². The van der Waals surface area contributed by atoms with E-state index in [1.54, 1.807) is 34.9 Å². The lowest BCUT2D eigenvalue weighted by Crippen LogP contribution is -2.33. The second-order valence-electron chi connectivity index (χ2n) is 8.03. The lowest BCUT2D eigenvalue weighted by Gasteiger charge is -2.07. The number of carbonyl (C=O) groups is 1. The van der Waals surface area contributed by atoms with Crippen LogP contribution in [-0.4, -0.2) is 15.5 Å². The zero-order valence-electron chi connectivity index (χ0n) is 19.4. The largest absolute Gasteiger partial charge is 0.506 e. The van der Waals surface area contributed by atoms with Crippen molar-refractivity contribution in [2.75, 3.05) is 0 Å². The minimum absolute atomic E-state index is 0.0315. The maximum atomic E-state index is 13.2. The Morgan fingerprint density at radius 3 is 1.97 bits per heavy atom. The first-order valence-corrected chi connectivity index (χ1v) is 13.0. The molecule has 1 aromatic heterocycles. The van der Waals surface area contributed by atoms with Gasteiger partial charge in [-0.3, -0.25) is 9.36 Å². The zero-order valence-corrected chi connectivity index (χ0v) is 21.7. The van der Waals surface area contributed by atoms with Gasteiger partial charge in [0.25, 0.3) is 0 Å². The molecule has 0 saturated carbocycles.